The highest BCUT2D eigenvalue weighted by Gasteiger charge is 2.21. The number of sulfonamides is 1. The van der Waals surface area contributed by atoms with Gasteiger partial charge in [-0.3, -0.25) is 14.3 Å². The Hall–Kier alpha value is -3.65. The van der Waals surface area contributed by atoms with Gasteiger partial charge in [-0.1, -0.05) is 42.8 Å². The predicted octanol–water partition coefficient (Wildman–Crippen LogP) is 4.80. The molecule has 3 rings (SSSR count). The maximum Gasteiger partial charge on any atom is 0.262 e. The first-order valence-electron chi connectivity index (χ1n) is 11.0. The number of rotatable bonds is 8. The molecule has 8 heteroatoms. The van der Waals surface area contributed by atoms with Gasteiger partial charge in [0, 0.05) is 12.1 Å². The predicted molar refractivity (Wildman–Crippen MR) is 135 cm³/mol. The van der Waals surface area contributed by atoms with Gasteiger partial charge in [0.25, 0.3) is 21.8 Å². The summed E-state index contributed by atoms with van der Waals surface area (Å²) in [7, 11) is -3.93. The van der Waals surface area contributed by atoms with Gasteiger partial charge in [-0.25, -0.2) is 8.42 Å². The van der Waals surface area contributed by atoms with Gasteiger partial charge in [-0.15, -0.1) is 0 Å². The number of para-hydroxylation sites is 1. The second-order valence-corrected chi connectivity index (χ2v) is 9.81. The molecule has 0 aliphatic rings. The first-order chi connectivity index (χ1) is 16.1. The molecule has 0 fully saturated rings. The van der Waals surface area contributed by atoms with E-state index in [0.29, 0.717) is 29.0 Å². The molecule has 3 aromatic carbocycles. The lowest BCUT2D eigenvalue weighted by Gasteiger charge is -2.15. The van der Waals surface area contributed by atoms with Crippen LogP contribution in [0.15, 0.2) is 65.6 Å². The Bertz CT molecular complexity index is 1330. The Kier molecular flexibility index (Phi) is 7.73. The number of carbonyl (C=O) groups excluding carboxylic acids is 2. The molecule has 34 heavy (non-hydrogen) atoms. The highest BCUT2D eigenvalue weighted by molar-refractivity contribution is 7.92. The van der Waals surface area contributed by atoms with E-state index in [-0.39, 0.29) is 16.4 Å². The zero-order valence-corrected chi connectivity index (χ0v) is 20.5. The topological polar surface area (TPSA) is 104 Å². The van der Waals surface area contributed by atoms with Crippen molar-refractivity contribution in [2.24, 2.45) is 0 Å². The van der Waals surface area contributed by atoms with E-state index >= 15 is 0 Å². The normalized spacial score (nSPS) is 11.1. The fourth-order valence-corrected chi connectivity index (χ4v) is 4.88. The highest BCUT2D eigenvalue weighted by Crippen LogP contribution is 2.24. The summed E-state index contributed by atoms with van der Waals surface area (Å²) < 4.78 is 28.9. The molecule has 0 spiro atoms. The number of carbonyl (C=O) groups is 2. The van der Waals surface area contributed by atoms with E-state index in [2.05, 4.69) is 15.4 Å². The Morgan fingerprint density at radius 2 is 1.56 bits per heavy atom. The molecule has 0 unspecified atom stereocenters. The number of benzene rings is 3. The van der Waals surface area contributed by atoms with E-state index in [4.69, 9.17) is 0 Å². The van der Waals surface area contributed by atoms with E-state index < -0.39 is 15.9 Å². The molecule has 7 nitrogen and oxygen atoms in total. The van der Waals surface area contributed by atoms with Gasteiger partial charge in [-0.05, 0) is 68.7 Å². The Morgan fingerprint density at radius 1 is 0.824 bits per heavy atom. The van der Waals surface area contributed by atoms with Crippen LogP contribution in [0.4, 0.5) is 11.4 Å². The van der Waals surface area contributed by atoms with Gasteiger partial charge < -0.3 is 10.6 Å². The zero-order chi connectivity index (χ0) is 24.9. The van der Waals surface area contributed by atoms with Gasteiger partial charge in [0.1, 0.15) is 0 Å². The number of amides is 2. The third-order valence-electron chi connectivity index (χ3n) is 5.32. The molecule has 0 bridgehead atoms. The van der Waals surface area contributed by atoms with E-state index in [1.165, 1.54) is 6.07 Å². The molecule has 0 radical (unpaired) electrons. The molecule has 0 aliphatic heterocycles. The van der Waals surface area contributed by atoms with E-state index in [9.17, 15) is 18.0 Å². The molecule has 2 amide bonds. The van der Waals surface area contributed by atoms with Crippen molar-refractivity contribution in [1.29, 1.82) is 0 Å². The van der Waals surface area contributed by atoms with Gasteiger partial charge in [0.2, 0.25) is 0 Å². The first-order valence-corrected chi connectivity index (χ1v) is 12.5. The summed E-state index contributed by atoms with van der Waals surface area (Å²) >= 11 is 0. The molecular formula is C26H29N3O4S. The molecule has 3 N–H and O–H groups in total. The van der Waals surface area contributed by atoms with Crippen molar-refractivity contribution < 1.29 is 18.0 Å². The Morgan fingerprint density at radius 3 is 2.26 bits per heavy atom. The van der Waals surface area contributed by atoms with Crippen molar-refractivity contribution in [3.63, 3.8) is 0 Å². The first kappa shape index (κ1) is 25.0. The average Bonchev–Trinajstić information content (AvgIpc) is 2.79. The fraction of sp³-hybridized carbons (Fsp3) is 0.231. The number of hydrogen-bond donors (Lipinski definition) is 3. The maximum absolute atomic E-state index is 13.1. The number of anilines is 2. The van der Waals surface area contributed by atoms with Crippen LogP contribution in [-0.4, -0.2) is 26.8 Å². The van der Waals surface area contributed by atoms with Crippen molar-refractivity contribution >= 4 is 33.2 Å². The fourth-order valence-electron chi connectivity index (χ4n) is 3.48. The van der Waals surface area contributed by atoms with Crippen molar-refractivity contribution in [2.75, 3.05) is 16.6 Å². The van der Waals surface area contributed by atoms with Crippen molar-refractivity contribution in [3.05, 3.63) is 88.5 Å². The largest absolute Gasteiger partial charge is 0.352 e. The summed E-state index contributed by atoms with van der Waals surface area (Å²) in [6.45, 7) is 7.91. The van der Waals surface area contributed by atoms with Gasteiger partial charge in [0.15, 0.2) is 0 Å². The van der Waals surface area contributed by atoms with Crippen molar-refractivity contribution in [1.82, 2.24) is 5.32 Å². The highest BCUT2D eigenvalue weighted by atomic mass is 32.2. The van der Waals surface area contributed by atoms with Gasteiger partial charge in [-0.2, -0.15) is 0 Å². The van der Waals surface area contributed by atoms with Crippen LogP contribution in [0.2, 0.25) is 0 Å². The smallest absolute Gasteiger partial charge is 0.262 e. The second kappa shape index (κ2) is 10.5. The van der Waals surface area contributed by atoms with Crippen LogP contribution in [0.5, 0.6) is 0 Å². The molecular weight excluding hydrogens is 450 g/mol. The number of hydrogen-bond acceptors (Lipinski definition) is 4. The van der Waals surface area contributed by atoms with Crippen LogP contribution in [-0.2, 0) is 10.0 Å². The summed E-state index contributed by atoms with van der Waals surface area (Å²) in [6, 6.07) is 16.6. The van der Waals surface area contributed by atoms with Crippen LogP contribution in [0, 0.1) is 20.8 Å². The van der Waals surface area contributed by atoms with Gasteiger partial charge >= 0.3 is 0 Å². The van der Waals surface area contributed by atoms with Crippen LogP contribution in [0.1, 0.15) is 50.8 Å². The minimum atomic E-state index is -3.93. The summed E-state index contributed by atoms with van der Waals surface area (Å²) in [5.74, 6) is -0.804. The lowest BCUT2D eigenvalue weighted by atomic mass is 10.1. The summed E-state index contributed by atoms with van der Waals surface area (Å²) in [5.41, 5.74) is 3.66. The van der Waals surface area contributed by atoms with Crippen LogP contribution >= 0.6 is 0 Å². The zero-order valence-electron chi connectivity index (χ0n) is 19.7. The van der Waals surface area contributed by atoms with Crippen LogP contribution in [0.3, 0.4) is 0 Å². The third-order valence-corrected chi connectivity index (χ3v) is 6.83. The molecule has 3 aromatic rings. The van der Waals surface area contributed by atoms with E-state index in [0.717, 1.165) is 17.5 Å². The molecule has 0 aromatic heterocycles. The number of nitrogens with one attached hydrogen (secondary N) is 3. The van der Waals surface area contributed by atoms with Gasteiger partial charge in [0.05, 0.1) is 21.8 Å². The van der Waals surface area contributed by atoms with E-state index in [1.807, 2.05) is 32.9 Å². The molecule has 0 heterocycles. The molecule has 0 saturated heterocycles. The third kappa shape index (κ3) is 5.82. The molecule has 0 aliphatic carbocycles. The average molecular weight is 480 g/mol. The van der Waals surface area contributed by atoms with Crippen LogP contribution < -0.4 is 15.4 Å². The van der Waals surface area contributed by atoms with Crippen LogP contribution in [0.25, 0.3) is 0 Å². The molecule has 0 saturated carbocycles. The SMILES string of the molecule is CCCNC(=O)c1ccccc1NC(=O)c1ccc(C)c(S(=O)(=O)Nc2ccc(C)cc2C)c1. The van der Waals surface area contributed by atoms with Crippen molar-refractivity contribution in [3.8, 4) is 0 Å². The van der Waals surface area contributed by atoms with Crippen molar-refractivity contribution in [2.45, 2.75) is 39.0 Å². The molecule has 0 atom stereocenters. The maximum atomic E-state index is 13.1. The minimum Gasteiger partial charge on any atom is -0.352 e. The lowest BCUT2D eigenvalue weighted by Crippen LogP contribution is -2.26. The minimum absolute atomic E-state index is 0.00842. The monoisotopic (exact) mass is 479 g/mol. The second-order valence-electron chi connectivity index (χ2n) is 8.16. The summed E-state index contributed by atoms with van der Waals surface area (Å²) in [6.07, 6.45) is 0.789. The standard InChI is InChI=1S/C26H29N3O4S/c1-5-14-27-26(31)21-8-6-7-9-23(21)28-25(30)20-12-11-18(3)24(16-20)34(32,33)29-22-13-10-17(2)15-19(22)4/h6-13,15-16,29H,5,14H2,1-4H3,(H,27,31)(H,28,30). The number of aryl methyl sites for hydroxylation is 3. The summed E-state index contributed by atoms with van der Waals surface area (Å²) in [4.78, 5) is 25.4. The lowest BCUT2D eigenvalue weighted by molar-refractivity contribution is 0.0954. The quantitative estimate of drug-likeness (QED) is 0.431. The Balaban J connectivity index is 1.88. The van der Waals surface area contributed by atoms with E-state index in [1.54, 1.807) is 49.4 Å². The molecule has 178 valence electrons. The Labute approximate surface area is 200 Å². The summed E-state index contributed by atoms with van der Waals surface area (Å²) in [5, 5.41) is 5.52.